The van der Waals surface area contributed by atoms with Gasteiger partial charge in [-0.05, 0) is 24.6 Å². The molecule has 0 N–H and O–H groups in total. The number of anilines is 1. The van der Waals surface area contributed by atoms with E-state index in [9.17, 15) is 4.79 Å². The van der Waals surface area contributed by atoms with Crippen molar-refractivity contribution in [2.75, 3.05) is 19.1 Å². The fraction of sp³-hybridized carbons (Fsp3) is 0.300. The number of carbonyl (C=O) groups excluding carboxylic acids is 1. The third kappa shape index (κ3) is 3.06. The van der Waals surface area contributed by atoms with E-state index in [1.54, 1.807) is 31.5 Å². The van der Waals surface area contributed by atoms with Crippen molar-refractivity contribution >= 4 is 11.6 Å². The number of hydrogen-bond acceptors (Lipinski definition) is 6. The molecule has 0 aromatic carbocycles. The number of ether oxygens (including phenoxy) is 2. The number of aryl methyl sites for hydroxylation is 1. The zero-order chi connectivity index (χ0) is 19.7. The molecule has 8 nitrogen and oxygen atoms in total. The van der Waals surface area contributed by atoms with E-state index in [4.69, 9.17) is 14.5 Å². The van der Waals surface area contributed by atoms with Gasteiger partial charge >= 0.3 is 0 Å². The zero-order valence-corrected chi connectivity index (χ0v) is 16.0. The Bertz CT molecular complexity index is 1030. The SMILES string of the molecule is CCCn1cc(N2Cc3nc(-c4cnc(OC)c(OC)c4)ccc3C2=O)cn1. The standard InChI is InChI=1S/C20H21N5O3/c1-4-7-24-11-14(10-22-24)25-12-17-15(20(25)26)5-6-16(23-17)13-8-18(27-2)19(28-3)21-9-13/h5-6,8-11H,4,7,12H2,1-3H3. The van der Waals surface area contributed by atoms with Gasteiger partial charge in [0.1, 0.15) is 0 Å². The molecule has 28 heavy (non-hydrogen) atoms. The van der Waals surface area contributed by atoms with Gasteiger partial charge in [-0.25, -0.2) is 4.98 Å². The van der Waals surface area contributed by atoms with E-state index < -0.39 is 0 Å². The summed E-state index contributed by atoms with van der Waals surface area (Å²) < 4.78 is 12.3. The molecule has 0 fully saturated rings. The highest BCUT2D eigenvalue weighted by molar-refractivity contribution is 6.09. The average molecular weight is 379 g/mol. The molecule has 1 aliphatic heterocycles. The van der Waals surface area contributed by atoms with Crippen LogP contribution in [0, 0.1) is 0 Å². The number of carbonyl (C=O) groups is 1. The van der Waals surface area contributed by atoms with Crippen LogP contribution in [0.15, 0.2) is 36.8 Å². The summed E-state index contributed by atoms with van der Waals surface area (Å²) >= 11 is 0. The number of hydrogen-bond donors (Lipinski definition) is 0. The minimum absolute atomic E-state index is 0.0597. The lowest BCUT2D eigenvalue weighted by Gasteiger charge is -2.11. The van der Waals surface area contributed by atoms with Crippen LogP contribution in [0.4, 0.5) is 5.69 Å². The maximum Gasteiger partial charge on any atom is 0.260 e. The Balaban J connectivity index is 1.63. The predicted molar refractivity (Wildman–Crippen MR) is 104 cm³/mol. The van der Waals surface area contributed by atoms with Crippen molar-refractivity contribution in [2.45, 2.75) is 26.4 Å². The van der Waals surface area contributed by atoms with Gasteiger partial charge in [0.25, 0.3) is 11.8 Å². The molecule has 3 aromatic rings. The maximum absolute atomic E-state index is 12.8. The second-order valence-electron chi connectivity index (χ2n) is 6.48. The summed E-state index contributed by atoms with van der Waals surface area (Å²) in [7, 11) is 3.11. The molecule has 8 heteroatoms. The Hall–Kier alpha value is -3.42. The molecule has 0 saturated heterocycles. The van der Waals surface area contributed by atoms with Crippen molar-refractivity contribution in [2.24, 2.45) is 0 Å². The highest BCUT2D eigenvalue weighted by Gasteiger charge is 2.31. The van der Waals surface area contributed by atoms with Gasteiger partial charge < -0.3 is 9.47 Å². The fourth-order valence-corrected chi connectivity index (χ4v) is 3.27. The molecule has 4 heterocycles. The largest absolute Gasteiger partial charge is 0.491 e. The molecule has 0 spiro atoms. The Labute approximate surface area is 162 Å². The van der Waals surface area contributed by atoms with Crippen LogP contribution in [0.3, 0.4) is 0 Å². The first-order valence-electron chi connectivity index (χ1n) is 9.07. The summed E-state index contributed by atoms with van der Waals surface area (Å²) in [6.45, 7) is 3.33. The van der Waals surface area contributed by atoms with Crippen LogP contribution in [0.5, 0.6) is 11.6 Å². The van der Waals surface area contributed by atoms with E-state index in [1.165, 1.54) is 0 Å². The highest BCUT2D eigenvalue weighted by Crippen LogP contribution is 2.32. The summed E-state index contributed by atoms with van der Waals surface area (Å²) in [5.41, 5.74) is 3.65. The van der Waals surface area contributed by atoms with Crippen LogP contribution in [-0.4, -0.2) is 39.9 Å². The number of rotatable bonds is 6. The molecule has 0 aliphatic carbocycles. The first-order chi connectivity index (χ1) is 13.6. The molecule has 1 amide bonds. The topological polar surface area (TPSA) is 82.4 Å². The molecule has 0 radical (unpaired) electrons. The lowest BCUT2D eigenvalue weighted by Crippen LogP contribution is -2.22. The lowest BCUT2D eigenvalue weighted by molar-refractivity contribution is 0.0996. The van der Waals surface area contributed by atoms with Gasteiger partial charge in [0.05, 0.1) is 49.6 Å². The number of amides is 1. The Morgan fingerprint density at radius 2 is 2.04 bits per heavy atom. The van der Waals surface area contributed by atoms with Crippen molar-refractivity contribution < 1.29 is 14.3 Å². The second kappa shape index (κ2) is 7.30. The van der Waals surface area contributed by atoms with Crippen LogP contribution in [-0.2, 0) is 13.1 Å². The number of nitrogens with zero attached hydrogens (tertiary/aromatic N) is 5. The number of aromatic nitrogens is 4. The Morgan fingerprint density at radius 3 is 2.79 bits per heavy atom. The van der Waals surface area contributed by atoms with E-state index in [2.05, 4.69) is 17.0 Å². The van der Waals surface area contributed by atoms with E-state index >= 15 is 0 Å². The van der Waals surface area contributed by atoms with Gasteiger partial charge in [-0.15, -0.1) is 0 Å². The van der Waals surface area contributed by atoms with Crippen LogP contribution in [0.25, 0.3) is 11.3 Å². The third-order valence-corrected chi connectivity index (χ3v) is 4.67. The summed E-state index contributed by atoms with van der Waals surface area (Å²) in [5.74, 6) is 0.886. The zero-order valence-electron chi connectivity index (χ0n) is 16.0. The van der Waals surface area contributed by atoms with Gasteiger partial charge in [0.2, 0.25) is 0 Å². The summed E-state index contributed by atoms with van der Waals surface area (Å²) in [6, 6.07) is 5.46. The van der Waals surface area contributed by atoms with E-state index in [-0.39, 0.29) is 5.91 Å². The van der Waals surface area contributed by atoms with E-state index in [1.807, 2.05) is 29.1 Å². The van der Waals surface area contributed by atoms with Gasteiger partial charge in [-0.3, -0.25) is 19.4 Å². The van der Waals surface area contributed by atoms with E-state index in [0.717, 1.165) is 35.6 Å². The quantitative estimate of drug-likeness (QED) is 0.655. The summed E-state index contributed by atoms with van der Waals surface area (Å²) in [6.07, 6.45) is 6.28. The van der Waals surface area contributed by atoms with Crippen LogP contribution in [0.2, 0.25) is 0 Å². The molecular weight excluding hydrogens is 358 g/mol. The molecule has 0 unspecified atom stereocenters. The molecule has 0 atom stereocenters. The smallest absolute Gasteiger partial charge is 0.260 e. The van der Waals surface area contributed by atoms with Crippen molar-refractivity contribution in [3.63, 3.8) is 0 Å². The van der Waals surface area contributed by atoms with Crippen molar-refractivity contribution in [3.05, 3.63) is 48.0 Å². The summed E-state index contributed by atoms with van der Waals surface area (Å²) in [4.78, 5) is 23.5. The highest BCUT2D eigenvalue weighted by atomic mass is 16.5. The number of methoxy groups -OCH3 is 2. The number of pyridine rings is 2. The van der Waals surface area contributed by atoms with Gasteiger partial charge in [-0.1, -0.05) is 6.92 Å². The monoisotopic (exact) mass is 379 g/mol. The molecule has 0 bridgehead atoms. The minimum Gasteiger partial charge on any atom is -0.491 e. The van der Waals surface area contributed by atoms with Crippen molar-refractivity contribution in [3.8, 4) is 22.9 Å². The van der Waals surface area contributed by atoms with Gasteiger partial charge in [0, 0.05) is 24.5 Å². The van der Waals surface area contributed by atoms with Crippen molar-refractivity contribution in [1.29, 1.82) is 0 Å². The van der Waals surface area contributed by atoms with Crippen LogP contribution < -0.4 is 14.4 Å². The molecule has 4 rings (SSSR count). The summed E-state index contributed by atoms with van der Waals surface area (Å²) in [5, 5.41) is 4.32. The molecule has 3 aromatic heterocycles. The van der Waals surface area contributed by atoms with Crippen LogP contribution in [0.1, 0.15) is 29.4 Å². The van der Waals surface area contributed by atoms with Gasteiger partial charge in [0.15, 0.2) is 5.75 Å². The first-order valence-corrected chi connectivity index (χ1v) is 9.07. The van der Waals surface area contributed by atoms with Crippen LogP contribution >= 0.6 is 0 Å². The minimum atomic E-state index is -0.0597. The van der Waals surface area contributed by atoms with Crippen molar-refractivity contribution in [1.82, 2.24) is 19.7 Å². The fourth-order valence-electron chi connectivity index (χ4n) is 3.27. The predicted octanol–water partition coefficient (Wildman–Crippen LogP) is 2.93. The van der Waals surface area contributed by atoms with Gasteiger partial charge in [-0.2, -0.15) is 5.10 Å². The maximum atomic E-state index is 12.8. The molecule has 144 valence electrons. The normalized spacial score (nSPS) is 13.0. The molecule has 1 aliphatic rings. The number of fused-ring (bicyclic) bond motifs is 1. The lowest BCUT2D eigenvalue weighted by atomic mass is 10.1. The Morgan fingerprint density at radius 1 is 1.18 bits per heavy atom. The second-order valence-corrected chi connectivity index (χ2v) is 6.48. The van der Waals surface area contributed by atoms with E-state index in [0.29, 0.717) is 23.7 Å². The Kier molecular flexibility index (Phi) is 4.68. The average Bonchev–Trinajstić information content (AvgIpc) is 3.31. The molecule has 0 saturated carbocycles. The first kappa shape index (κ1) is 18.0. The molecular formula is C20H21N5O3. The third-order valence-electron chi connectivity index (χ3n) is 4.67.